The number of benzene rings is 1. The van der Waals surface area contributed by atoms with Crippen LogP contribution < -0.4 is 15.2 Å². The number of rotatable bonds is 4. The normalized spacial score (nSPS) is 15.1. The van der Waals surface area contributed by atoms with Gasteiger partial charge in [0, 0.05) is 18.8 Å². The summed E-state index contributed by atoms with van der Waals surface area (Å²) in [6.45, 7) is 1.31. The van der Waals surface area contributed by atoms with Gasteiger partial charge in [-0.05, 0) is 30.4 Å². The van der Waals surface area contributed by atoms with Gasteiger partial charge in [-0.1, -0.05) is 18.2 Å². The van der Waals surface area contributed by atoms with Crippen molar-refractivity contribution in [3.05, 3.63) is 29.3 Å². The highest BCUT2D eigenvalue weighted by molar-refractivity contribution is 7.87. The summed E-state index contributed by atoms with van der Waals surface area (Å²) in [6.07, 6.45) is 2.87. The Bertz CT molecular complexity index is 499. The molecule has 0 spiro atoms. The standard InChI is InChI=1S/C11H17N3O2S/c12-17(15,16)14-8-6-10-4-1-3-9-5-2-7-13-11(9)10/h1,3-4,13-14H,2,5-8H2,(H2,12,15,16). The van der Waals surface area contributed by atoms with Crippen LogP contribution in [0, 0.1) is 0 Å². The zero-order valence-corrected chi connectivity index (χ0v) is 10.4. The molecule has 4 N–H and O–H groups in total. The SMILES string of the molecule is NS(=O)(=O)NCCc1cccc2c1NCCC2. The van der Waals surface area contributed by atoms with Crippen molar-refractivity contribution in [3.8, 4) is 0 Å². The molecular weight excluding hydrogens is 238 g/mol. The summed E-state index contributed by atoms with van der Waals surface area (Å²) in [5.41, 5.74) is 3.61. The van der Waals surface area contributed by atoms with Crippen molar-refractivity contribution >= 4 is 15.9 Å². The average Bonchev–Trinajstić information content (AvgIpc) is 2.28. The molecule has 0 amide bonds. The van der Waals surface area contributed by atoms with E-state index >= 15 is 0 Å². The van der Waals surface area contributed by atoms with Crippen LogP contribution in [0.2, 0.25) is 0 Å². The molecule has 0 saturated carbocycles. The van der Waals surface area contributed by atoms with Crippen LogP contribution in [-0.4, -0.2) is 21.5 Å². The molecule has 1 aliphatic heterocycles. The van der Waals surface area contributed by atoms with E-state index in [4.69, 9.17) is 5.14 Å². The highest BCUT2D eigenvalue weighted by Gasteiger charge is 2.12. The quantitative estimate of drug-likeness (QED) is 0.727. The lowest BCUT2D eigenvalue weighted by molar-refractivity contribution is 0.583. The summed E-state index contributed by atoms with van der Waals surface area (Å²) in [5, 5.41) is 8.25. The number of nitrogens with two attached hydrogens (primary N) is 1. The van der Waals surface area contributed by atoms with Crippen LogP contribution in [0.3, 0.4) is 0 Å². The van der Waals surface area contributed by atoms with Crippen LogP contribution in [0.1, 0.15) is 17.5 Å². The van der Waals surface area contributed by atoms with Gasteiger partial charge in [-0.2, -0.15) is 8.42 Å². The molecule has 0 bridgehead atoms. The highest BCUT2D eigenvalue weighted by Crippen LogP contribution is 2.26. The number of hydrogen-bond acceptors (Lipinski definition) is 3. The first-order valence-corrected chi connectivity index (χ1v) is 7.23. The fourth-order valence-corrected chi connectivity index (χ4v) is 2.50. The lowest BCUT2D eigenvalue weighted by Gasteiger charge is -2.21. The minimum Gasteiger partial charge on any atom is -0.385 e. The van der Waals surface area contributed by atoms with E-state index in [-0.39, 0.29) is 0 Å². The second-order valence-electron chi connectivity index (χ2n) is 4.17. The zero-order valence-electron chi connectivity index (χ0n) is 9.57. The molecular formula is C11H17N3O2S. The molecule has 1 aliphatic rings. The maximum atomic E-state index is 10.8. The van der Waals surface area contributed by atoms with Crippen LogP contribution in [-0.2, 0) is 23.1 Å². The number of fused-ring (bicyclic) bond motifs is 1. The van der Waals surface area contributed by atoms with Crippen molar-refractivity contribution in [3.63, 3.8) is 0 Å². The maximum Gasteiger partial charge on any atom is 0.274 e. The average molecular weight is 255 g/mol. The molecule has 0 fully saturated rings. The predicted molar refractivity (Wildman–Crippen MR) is 68.1 cm³/mol. The Hall–Kier alpha value is -1.11. The van der Waals surface area contributed by atoms with E-state index in [1.165, 1.54) is 5.56 Å². The van der Waals surface area contributed by atoms with Gasteiger partial charge in [-0.25, -0.2) is 9.86 Å². The molecule has 1 aromatic rings. The molecule has 2 rings (SSSR count). The Labute approximate surface area is 102 Å². The summed E-state index contributed by atoms with van der Waals surface area (Å²) >= 11 is 0. The molecule has 5 nitrogen and oxygen atoms in total. The van der Waals surface area contributed by atoms with Gasteiger partial charge in [0.15, 0.2) is 0 Å². The highest BCUT2D eigenvalue weighted by atomic mass is 32.2. The molecule has 0 aromatic heterocycles. The fourth-order valence-electron chi connectivity index (χ4n) is 2.12. The summed E-state index contributed by atoms with van der Waals surface area (Å²) in [5.74, 6) is 0. The van der Waals surface area contributed by atoms with Crippen LogP contribution in [0.15, 0.2) is 18.2 Å². The molecule has 0 unspecified atom stereocenters. The molecule has 1 aromatic carbocycles. The van der Waals surface area contributed by atoms with E-state index in [1.807, 2.05) is 12.1 Å². The van der Waals surface area contributed by atoms with E-state index in [2.05, 4.69) is 16.1 Å². The largest absolute Gasteiger partial charge is 0.385 e. The van der Waals surface area contributed by atoms with Gasteiger partial charge in [-0.3, -0.25) is 0 Å². The second-order valence-corrected chi connectivity index (χ2v) is 5.55. The Balaban J connectivity index is 2.06. The molecule has 17 heavy (non-hydrogen) atoms. The van der Waals surface area contributed by atoms with Gasteiger partial charge in [0.2, 0.25) is 0 Å². The van der Waals surface area contributed by atoms with Crippen molar-refractivity contribution in [1.29, 1.82) is 0 Å². The molecule has 1 heterocycles. The van der Waals surface area contributed by atoms with E-state index in [9.17, 15) is 8.42 Å². The Morgan fingerprint density at radius 3 is 3.00 bits per heavy atom. The molecule has 94 valence electrons. The lowest BCUT2D eigenvalue weighted by atomic mass is 9.98. The third-order valence-electron chi connectivity index (χ3n) is 2.86. The number of para-hydroxylation sites is 1. The Kier molecular flexibility index (Phi) is 3.66. The topological polar surface area (TPSA) is 84.2 Å². The number of nitrogens with one attached hydrogen (secondary N) is 2. The van der Waals surface area contributed by atoms with E-state index in [0.29, 0.717) is 13.0 Å². The third-order valence-corrected chi connectivity index (χ3v) is 3.47. The van der Waals surface area contributed by atoms with E-state index in [0.717, 1.165) is 30.6 Å². The molecule has 0 atom stereocenters. The molecule has 0 aliphatic carbocycles. The zero-order chi connectivity index (χ0) is 12.3. The van der Waals surface area contributed by atoms with Crippen LogP contribution in [0.5, 0.6) is 0 Å². The first-order valence-electron chi connectivity index (χ1n) is 5.68. The van der Waals surface area contributed by atoms with Crippen molar-refractivity contribution < 1.29 is 8.42 Å². The van der Waals surface area contributed by atoms with E-state index < -0.39 is 10.2 Å². The minimum absolute atomic E-state index is 0.330. The first-order chi connectivity index (χ1) is 8.06. The monoisotopic (exact) mass is 255 g/mol. The van der Waals surface area contributed by atoms with Gasteiger partial charge in [-0.15, -0.1) is 0 Å². The van der Waals surface area contributed by atoms with Gasteiger partial charge >= 0.3 is 0 Å². The fraction of sp³-hybridized carbons (Fsp3) is 0.455. The van der Waals surface area contributed by atoms with Gasteiger partial charge in [0.25, 0.3) is 10.2 Å². The molecule has 6 heteroatoms. The van der Waals surface area contributed by atoms with Crippen molar-refractivity contribution in [2.45, 2.75) is 19.3 Å². The van der Waals surface area contributed by atoms with Gasteiger partial charge < -0.3 is 5.32 Å². The summed E-state index contributed by atoms with van der Waals surface area (Å²) in [6, 6.07) is 6.14. The van der Waals surface area contributed by atoms with Crippen LogP contribution in [0.4, 0.5) is 5.69 Å². The van der Waals surface area contributed by atoms with Gasteiger partial charge in [0.1, 0.15) is 0 Å². The van der Waals surface area contributed by atoms with Gasteiger partial charge in [0.05, 0.1) is 0 Å². The van der Waals surface area contributed by atoms with Crippen molar-refractivity contribution in [1.82, 2.24) is 4.72 Å². The number of aryl methyl sites for hydroxylation is 1. The Morgan fingerprint density at radius 1 is 1.41 bits per heavy atom. The van der Waals surface area contributed by atoms with Crippen LogP contribution in [0.25, 0.3) is 0 Å². The summed E-state index contributed by atoms with van der Waals surface area (Å²) in [7, 11) is -3.59. The van der Waals surface area contributed by atoms with E-state index in [1.54, 1.807) is 0 Å². The van der Waals surface area contributed by atoms with Crippen molar-refractivity contribution in [2.75, 3.05) is 18.4 Å². The number of hydrogen-bond donors (Lipinski definition) is 3. The number of anilines is 1. The van der Waals surface area contributed by atoms with Crippen molar-refractivity contribution in [2.24, 2.45) is 5.14 Å². The maximum absolute atomic E-state index is 10.8. The molecule has 0 saturated heterocycles. The summed E-state index contributed by atoms with van der Waals surface area (Å²) in [4.78, 5) is 0. The lowest BCUT2D eigenvalue weighted by Crippen LogP contribution is -2.32. The molecule has 0 radical (unpaired) electrons. The van der Waals surface area contributed by atoms with Crippen LogP contribution >= 0.6 is 0 Å². The smallest absolute Gasteiger partial charge is 0.274 e. The Morgan fingerprint density at radius 2 is 2.24 bits per heavy atom. The predicted octanol–water partition coefficient (Wildman–Crippen LogP) is 0.380. The second kappa shape index (κ2) is 5.03. The minimum atomic E-state index is -3.59. The third kappa shape index (κ3) is 3.42. The summed E-state index contributed by atoms with van der Waals surface area (Å²) < 4.78 is 23.8. The first kappa shape index (κ1) is 12.3.